The van der Waals surface area contributed by atoms with Crippen LogP contribution in [0.2, 0.25) is 5.02 Å². The van der Waals surface area contributed by atoms with Crippen molar-refractivity contribution in [1.29, 1.82) is 0 Å². The van der Waals surface area contributed by atoms with E-state index in [4.69, 9.17) is 16.3 Å². The summed E-state index contributed by atoms with van der Waals surface area (Å²) in [6.07, 6.45) is 1.07. The summed E-state index contributed by atoms with van der Waals surface area (Å²) in [7, 11) is -6.18. The molecule has 0 aromatic heterocycles. The molecule has 1 unspecified atom stereocenters. The first kappa shape index (κ1) is 20.1. The first-order valence-electron chi connectivity index (χ1n) is 8.39. The number of sulfonamides is 1. The highest BCUT2D eigenvalue weighted by molar-refractivity contribution is 7.91. The molecule has 0 radical (unpaired) electrons. The molecule has 9 heteroatoms. The summed E-state index contributed by atoms with van der Waals surface area (Å²) in [5.41, 5.74) is 0. The highest BCUT2D eigenvalue weighted by atomic mass is 35.5. The monoisotopic (exact) mass is 429 g/mol. The Morgan fingerprint density at radius 1 is 1.11 bits per heavy atom. The van der Waals surface area contributed by atoms with E-state index in [-0.39, 0.29) is 32.9 Å². The summed E-state index contributed by atoms with van der Waals surface area (Å²) in [6.45, 7) is 0.257. The highest BCUT2D eigenvalue weighted by Crippen LogP contribution is 2.34. The van der Waals surface area contributed by atoms with E-state index >= 15 is 0 Å². The van der Waals surface area contributed by atoms with Crippen molar-refractivity contribution in [2.45, 2.75) is 28.7 Å². The van der Waals surface area contributed by atoms with Gasteiger partial charge in [-0.2, -0.15) is 4.31 Å². The molecular formula is C18H20ClNO5S2. The van der Waals surface area contributed by atoms with E-state index in [1.165, 1.54) is 35.7 Å². The zero-order valence-electron chi connectivity index (χ0n) is 14.7. The Kier molecular flexibility index (Phi) is 5.81. The Bertz CT molecular complexity index is 1020. The fourth-order valence-electron chi connectivity index (χ4n) is 3.25. The van der Waals surface area contributed by atoms with Crippen molar-refractivity contribution in [2.24, 2.45) is 0 Å². The lowest BCUT2D eigenvalue weighted by atomic mass is 10.3. The predicted octanol–water partition coefficient (Wildman–Crippen LogP) is 2.98. The number of halogens is 1. The quantitative estimate of drug-likeness (QED) is 0.705. The van der Waals surface area contributed by atoms with Gasteiger partial charge in [-0.15, -0.1) is 0 Å². The second kappa shape index (κ2) is 7.79. The predicted molar refractivity (Wildman–Crippen MR) is 103 cm³/mol. The van der Waals surface area contributed by atoms with Crippen molar-refractivity contribution in [2.75, 3.05) is 19.4 Å². The maximum Gasteiger partial charge on any atom is 0.247 e. The Morgan fingerprint density at radius 2 is 1.81 bits per heavy atom. The number of methoxy groups -OCH3 is 1. The van der Waals surface area contributed by atoms with Gasteiger partial charge in [-0.25, -0.2) is 16.8 Å². The van der Waals surface area contributed by atoms with E-state index in [9.17, 15) is 16.8 Å². The van der Waals surface area contributed by atoms with Crippen molar-refractivity contribution in [3.63, 3.8) is 0 Å². The summed E-state index contributed by atoms with van der Waals surface area (Å²) in [5, 5.41) is 0.266. The lowest BCUT2D eigenvalue weighted by Crippen LogP contribution is -2.39. The number of sulfone groups is 1. The van der Waals surface area contributed by atoms with Gasteiger partial charge in [-0.3, -0.25) is 0 Å². The molecule has 1 aliphatic heterocycles. The molecule has 0 amide bonds. The van der Waals surface area contributed by atoms with Crippen LogP contribution in [0.15, 0.2) is 58.3 Å². The van der Waals surface area contributed by atoms with Gasteiger partial charge in [0.2, 0.25) is 10.0 Å². The fourth-order valence-corrected chi connectivity index (χ4v) is 7.07. The molecule has 6 nitrogen and oxygen atoms in total. The van der Waals surface area contributed by atoms with Crippen LogP contribution in [0, 0.1) is 0 Å². The molecule has 0 saturated carbocycles. The molecule has 1 fully saturated rings. The second-order valence-corrected chi connectivity index (χ2v) is 10.6. The average Bonchev–Trinajstić information content (AvgIpc) is 3.10. The van der Waals surface area contributed by atoms with E-state index in [0.29, 0.717) is 12.8 Å². The SMILES string of the molecule is COc1ccc(Cl)cc1S(=O)(=O)N1CCCC1CS(=O)(=O)c1ccccc1. The van der Waals surface area contributed by atoms with Crippen LogP contribution in [0.3, 0.4) is 0 Å². The van der Waals surface area contributed by atoms with Gasteiger partial charge in [0.05, 0.1) is 17.8 Å². The molecule has 3 rings (SSSR count). The van der Waals surface area contributed by atoms with Gasteiger partial charge >= 0.3 is 0 Å². The fraction of sp³-hybridized carbons (Fsp3) is 0.333. The Morgan fingerprint density at radius 3 is 2.48 bits per heavy atom. The third-order valence-electron chi connectivity index (χ3n) is 4.55. The van der Waals surface area contributed by atoms with Crippen molar-refractivity contribution >= 4 is 31.5 Å². The first-order chi connectivity index (χ1) is 12.8. The summed E-state index contributed by atoms with van der Waals surface area (Å²) < 4.78 is 58.2. The maximum atomic E-state index is 13.2. The van der Waals surface area contributed by atoms with Crippen molar-refractivity contribution in [3.8, 4) is 5.75 Å². The lowest BCUT2D eigenvalue weighted by Gasteiger charge is -2.25. The number of benzene rings is 2. The Hall–Kier alpha value is -1.61. The van der Waals surface area contributed by atoms with Crippen LogP contribution in [-0.2, 0) is 19.9 Å². The van der Waals surface area contributed by atoms with Crippen LogP contribution < -0.4 is 4.74 Å². The maximum absolute atomic E-state index is 13.2. The smallest absolute Gasteiger partial charge is 0.247 e. The van der Waals surface area contributed by atoms with Crippen LogP contribution in [0.5, 0.6) is 5.75 Å². The Balaban J connectivity index is 1.94. The molecule has 146 valence electrons. The van der Waals surface area contributed by atoms with Crippen molar-refractivity contribution < 1.29 is 21.6 Å². The largest absolute Gasteiger partial charge is 0.495 e. The summed E-state index contributed by atoms with van der Waals surface area (Å²) in [5.74, 6) is -0.0879. The molecule has 0 N–H and O–H groups in total. The van der Waals surface area contributed by atoms with E-state index in [2.05, 4.69) is 0 Å². The van der Waals surface area contributed by atoms with Gasteiger partial charge in [-0.05, 0) is 43.2 Å². The van der Waals surface area contributed by atoms with Gasteiger partial charge in [0.25, 0.3) is 0 Å². The highest BCUT2D eigenvalue weighted by Gasteiger charge is 2.39. The molecule has 1 heterocycles. The van der Waals surface area contributed by atoms with Crippen LogP contribution in [0.25, 0.3) is 0 Å². The molecule has 1 atom stereocenters. The molecule has 1 saturated heterocycles. The van der Waals surface area contributed by atoms with E-state index < -0.39 is 25.9 Å². The molecule has 2 aromatic rings. The molecule has 27 heavy (non-hydrogen) atoms. The molecule has 1 aliphatic rings. The summed E-state index contributed by atoms with van der Waals surface area (Å²) in [4.78, 5) is 0.135. The van der Waals surface area contributed by atoms with Gasteiger partial charge in [-0.1, -0.05) is 29.8 Å². The van der Waals surface area contributed by atoms with Gasteiger partial charge in [0.1, 0.15) is 10.6 Å². The normalized spacial score (nSPS) is 18.5. The number of ether oxygens (including phenoxy) is 1. The van der Waals surface area contributed by atoms with Crippen LogP contribution in [0.1, 0.15) is 12.8 Å². The number of nitrogens with zero attached hydrogens (tertiary/aromatic N) is 1. The number of hydrogen-bond acceptors (Lipinski definition) is 5. The van der Waals surface area contributed by atoms with Crippen molar-refractivity contribution in [3.05, 3.63) is 53.6 Å². The average molecular weight is 430 g/mol. The van der Waals surface area contributed by atoms with E-state index in [1.807, 2.05) is 0 Å². The minimum atomic E-state index is -3.95. The lowest BCUT2D eigenvalue weighted by molar-refractivity contribution is 0.386. The zero-order chi connectivity index (χ0) is 19.7. The molecular weight excluding hydrogens is 410 g/mol. The first-order valence-corrected chi connectivity index (χ1v) is 11.9. The summed E-state index contributed by atoms with van der Waals surface area (Å²) in [6, 6.07) is 11.8. The molecule has 2 aromatic carbocycles. The minimum Gasteiger partial charge on any atom is -0.495 e. The standard InChI is InChI=1S/C18H20ClNO5S2/c1-25-17-10-9-14(19)12-18(17)27(23,24)20-11-5-6-15(20)13-26(21,22)16-7-3-2-4-8-16/h2-4,7-10,12,15H,5-6,11,13H2,1H3. The zero-order valence-corrected chi connectivity index (χ0v) is 17.1. The minimum absolute atomic E-state index is 0.0542. The summed E-state index contributed by atoms with van der Waals surface area (Å²) >= 11 is 5.98. The van der Waals surface area contributed by atoms with Gasteiger partial charge in [0.15, 0.2) is 9.84 Å². The van der Waals surface area contributed by atoms with Gasteiger partial charge < -0.3 is 4.74 Å². The van der Waals surface area contributed by atoms with Crippen molar-refractivity contribution in [1.82, 2.24) is 4.31 Å². The second-order valence-electron chi connectivity index (χ2n) is 6.30. The third kappa shape index (κ3) is 4.13. The van der Waals surface area contributed by atoms with Crippen LogP contribution in [-0.4, -0.2) is 46.6 Å². The van der Waals surface area contributed by atoms with E-state index in [0.717, 1.165) is 0 Å². The van der Waals surface area contributed by atoms with Crippen LogP contribution >= 0.6 is 11.6 Å². The third-order valence-corrected chi connectivity index (χ3v) is 8.57. The van der Waals surface area contributed by atoms with Crippen LogP contribution in [0.4, 0.5) is 0 Å². The molecule has 0 spiro atoms. The molecule has 0 aliphatic carbocycles. The number of hydrogen-bond donors (Lipinski definition) is 0. The van der Waals surface area contributed by atoms with E-state index in [1.54, 1.807) is 24.3 Å². The Labute approximate surface area is 164 Å². The molecule has 0 bridgehead atoms. The topological polar surface area (TPSA) is 80.8 Å². The van der Waals surface area contributed by atoms with Gasteiger partial charge in [0, 0.05) is 17.6 Å². The number of rotatable bonds is 6.